The van der Waals surface area contributed by atoms with Gasteiger partial charge in [-0.15, -0.1) is 0 Å². The van der Waals surface area contributed by atoms with Gasteiger partial charge in [-0.25, -0.2) is 4.39 Å². The number of imide groups is 1. The van der Waals surface area contributed by atoms with E-state index in [2.05, 4.69) is 5.32 Å². The molecule has 2 fully saturated rings. The number of halogens is 1. The van der Waals surface area contributed by atoms with Crippen molar-refractivity contribution in [3.63, 3.8) is 0 Å². The van der Waals surface area contributed by atoms with E-state index in [0.717, 1.165) is 18.6 Å². The van der Waals surface area contributed by atoms with E-state index in [1.807, 2.05) is 23.1 Å². The molecule has 4 rings (SSSR count). The molecule has 0 bridgehead atoms. The van der Waals surface area contributed by atoms with Gasteiger partial charge in [-0.1, -0.05) is 18.2 Å². The zero-order valence-electron chi connectivity index (χ0n) is 18.8. The molecule has 33 heavy (non-hydrogen) atoms. The van der Waals surface area contributed by atoms with Crippen LogP contribution in [0.25, 0.3) is 0 Å². The first kappa shape index (κ1) is 23.0. The number of ether oxygens (including phenoxy) is 1. The minimum Gasteiger partial charge on any atom is -0.501 e. The third kappa shape index (κ3) is 4.79. The summed E-state index contributed by atoms with van der Waals surface area (Å²) in [5, 5.41) is 2.32. The molecule has 3 aliphatic rings. The van der Waals surface area contributed by atoms with Gasteiger partial charge in [0.05, 0.1) is 29.9 Å². The average Bonchev–Trinajstić information content (AvgIpc) is 2.80. The van der Waals surface area contributed by atoms with Gasteiger partial charge in [0.2, 0.25) is 17.7 Å². The summed E-state index contributed by atoms with van der Waals surface area (Å²) in [4.78, 5) is 37.8. The Morgan fingerprint density at radius 1 is 1.27 bits per heavy atom. The Morgan fingerprint density at radius 3 is 2.67 bits per heavy atom. The van der Waals surface area contributed by atoms with Crippen LogP contribution < -0.4 is 16.0 Å². The third-order valence-electron chi connectivity index (χ3n) is 7.16. The fourth-order valence-electron chi connectivity index (χ4n) is 5.22. The number of piperidine rings is 2. The number of anilines is 1. The lowest BCUT2D eigenvalue weighted by Gasteiger charge is -2.38. The van der Waals surface area contributed by atoms with Crippen LogP contribution in [0, 0.1) is 17.2 Å². The molecule has 1 aromatic rings. The quantitative estimate of drug-likeness (QED) is 0.643. The predicted octanol–water partition coefficient (Wildman–Crippen LogP) is 2.91. The van der Waals surface area contributed by atoms with Crippen molar-refractivity contribution in [2.75, 3.05) is 25.1 Å². The number of primary amides is 1. The van der Waals surface area contributed by atoms with Crippen molar-refractivity contribution in [1.29, 1.82) is 0 Å². The van der Waals surface area contributed by atoms with Gasteiger partial charge in [0.25, 0.3) is 0 Å². The summed E-state index contributed by atoms with van der Waals surface area (Å²) < 4.78 is 20.3. The summed E-state index contributed by atoms with van der Waals surface area (Å²) in [6, 6.07) is 4.91. The Morgan fingerprint density at radius 2 is 2.03 bits per heavy atom. The van der Waals surface area contributed by atoms with Gasteiger partial charge in [-0.05, 0) is 55.4 Å². The SMILES string of the molecule is COC1=CC=CC(CC2CCN(c3ccc(C4CCC(=O)NC4=O)cc3F)CC2)(C(N)=O)C1. The summed E-state index contributed by atoms with van der Waals surface area (Å²) >= 11 is 0. The van der Waals surface area contributed by atoms with E-state index in [0.29, 0.717) is 49.5 Å². The number of carbonyl (C=O) groups excluding carboxylic acids is 3. The molecule has 3 amide bonds. The molecule has 0 aromatic heterocycles. The molecule has 8 heteroatoms. The molecule has 0 radical (unpaired) electrons. The number of methoxy groups -OCH3 is 1. The first-order valence-corrected chi connectivity index (χ1v) is 11.4. The Kier molecular flexibility index (Phi) is 6.54. The normalized spacial score (nSPS) is 26.1. The predicted molar refractivity (Wildman–Crippen MR) is 122 cm³/mol. The first-order chi connectivity index (χ1) is 15.8. The number of allylic oxidation sites excluding steroid dienone is 3. The van der Waals surface area contributed by atoms with Crippen LogP contribution in [0.4, 0.5) is 10.1 Å². The number of nitrogens with one attached hydrogen (secondary N) is 1. The highest BCUT2D eigenvalue weighted by Crippen LogP contribution is 2.41. The van der Waals surface area contributed by atoms with Gasteiger partial charge in [-0.2, -0.15) is 0 Å². The maximum absolute atomic E-state index is 15.0. The van der Waals surface area contributed by atoms with E-state index < -0.39 is 11.3 Å². The summed E-state index contributed by atoms with van der Waals surface area (Å²) in [6.45, 7) is 1.34. The average molecular weight is 456 g/mol. The van der Waals surface area contributed by atoms with Gasteiger partial charge in [-0.3, -0.25) is 19.7 Å². The van der Waals surface area contributed by atoms with Crippen LogP contribution in [0.2, 0.25) is 0 Å². The fraction of sp³-hybridized carbons (Fsp3) is 0.480. The van der Waals surface area contributed by atoms with Crippen molar-refractivity contribution in [2.24, 2.45) is 17.1 Å². The fourth-order valence-corrected chi connectivity index (χ4v) is 5.22. The summed E-state index contributed by atoms with van der Waals surface area (Å²) in [7, 11) is 1.59. The van der Waals surface area contributed by atoms with E-state index in [1.54, 1.807) is 19.2 Å². The third-order valence-corrected chi connectivity index (χ3v) is 7.16. The Balaban J connectivity index is 1.39. The summed E-state index contributed by atoms with van der Waals surface area (Å²) in [6.07, 6.45) is 8.98. The number of hydrogen-bond donors (Lipinski definition) is 2. The summed E-state index contributed by atoms with van der Waals surface area (Å²) in [5.41, 5.74) is 6.14. The van der Waals surface area contributed by atoms with Crippen LogP contribution in [-0.4, -0.2) is 37.9 Å². The highest BCUT2D eigenvalue weighted by atomic mass is 19.1. The molecular weight excluding hydrogens is 425 g/mol. The van der Waals surface area contributed by atoms with Crippen LogP contribution in [0.3, 0.4) is 0 Å². The lowest BCUT2D eigenvalue weighted by atomic mass is 9.71. The van der Waals surface area contributed by atoms with Gasteiger partial charge in [0.1, 0.15) is 5.82 Å². The van der Waals surface area contributed by atoms with E-state index in [1.165, 1.54) is 6.07 Å². The van der Waals surface area contributed by atoms with Gasteiger partial charge >= 0.3 is 0 Å². The largest absolute Gasteiger partial charge is 0.501 e. The second-order valence-corrected chi connectivity index (χ2v) is 9.24. The zero-order chi connectivity index (χ0) is 23.6. The second kappa shape index (κ2) is 9.37. The van der Waals surface area contributed by atoms with Crippen molar-refractivity contribution < 1.29 is 23.5 Å². The molecule has 0 spiro atoms. The van der Waals surface area contributed by atoms with Crippen LogP contribution in [0.5, 0.6) is 0 Å². The minimum absolute atomic E-state index is 0.261. The van der Waals surface area contributed by atoms with E-state index >= 15 is 0 Å². The van der Waals surface area contributed by atoms with E-state index in [4.69, 9.17) is 10.5 Å². The molecule has 176 valence electrons. The van der Waals surface area contributed by atoms with Crippen molar-refractivity contribution in [3.05, 3.63) is 53.6 Å². The lowest BCUT2D eigenvalue weighted by molar-refractivity contribution is -0.134. The van der Waals surface area contributed by atoms with E-state index in [-0.39, 0.29) is 30.0 Å². The first-order valence-electron chi connectivity index (χ1n) is 11.4. The van der Waals surface area contributed by atoms with Crippen molar-refractivity contribution in [3.8, 4) is 0 Å². The maximum Gasteiger partial charge on any atom is 0.234 e. The Labute approximate surface area is 192 Å². The molecule has 2 heterocycles. The van der Waals surface area contributed by atoms with Crippen LogP contribution in [-0.2, 0) is 19.1 Å². The molecule has 3 N–H and O–H groups in total. The summed E-state index contributed by atoms with van der Waals surface area (Å²) in [5.74, 6) is -0.838. The smallest absolute Gasteiger partial charge is 0.234 e. The van der Waals surface area contributed by atoms with Crippen LogP contribution >= 0.6 is 0 Å². The standard InChI is InChI=1S/C25H30FN3O4/c1-33-18-3-2-10-25(15-18,24(27)32)14-16-8-11-29(12-9-16)21-6-4-17(13-20(21)26)19-5-7-22(30)28-23(19)31/h2-4,6,10,13,16,19H,5,7-9,11-12,14-15H2,1H3,(H2,27,32)(H,28,30,31). The van der Waals surface area contributed by atoms with Gasteiger partial charge in [0.15, 0.2) is 0 Å². The number of carbonyl (C=O) groups is 3. The van der Waals surface area contributed by atoms with Crippen molar-refractivity contribution in [1.82, 2.24) is 5.32 Å². The highest BCUT2D eigenvalue weighted by Gasteiger charge is 2.40. The molecule has 1 aliphatic carbocycles. The van der Waals surface area contributed by atoms with Crippen LogP contribution in [0.1, 0.15) is 50.0 Å². The molecule has 2 atom stereocenters. The Bertz CT molecular complexity index is 1010. The molecule has 2 unspecified atom stereocenters. The zero-order valence-corrected chi connectivity index (χ0v) is 18.8. The second-order valence-electron chi connectivity index (χ2n) is 9.24. The van der Waals surface area contributed by atoms with Gasteiger partial charge < -0.3 is 15.4 Å². The Hall–Kier alpha value is -3.16. The number of nitrogens with two attached hydrogens (primary N) is 1. The monoisotopic (exact) mass is 455 g/mol. The maximum atomic E-state index is 15.0. The number of nitrogens with zero attached hydrogens (tertiary/aromatic N) is 1. The van der Waals surface area contributed by atoms with Crippen LogP contribution in [0.15, 0.2) is 42.2 Å². The van der Waals surface area contributed by atoms with Crippen molar-refractivity contribution in [2.45, 2.75) is 44.4 Å². The lowest BCUT2D eigenvalue weighted by Crippen LogP contribution is -2.41. The number of benzene rings is 1. The molecular formula is C25H30FN3O4. The van der Waals surface area contributed by atoms with Crippen molar-refractivity contribution >= 4 is 23.4 Å². The van der Waals surface area contributed by atoms with Gasteiger partial charge in [0, 0.05) is 25.9 Å². The molecule has 0 saturated carbocycles. The molecule has 7 nitrogen and oxygen atoms in total. The highest BCUT2D eigenvalue weighted by molar-refractivity contribution is 6.00. The number of amides is 3. The number of rotatable bonds is 6. The van der Waals surface area contributed by atoms with E-state index in [9.17, 15) is 18.8 Å². The number of hydrogen-bond acceptors (Lipinski definition) is 5. The topological polar surface area (TPSA) is 102 Å². The molecule has 1 aromatic carbocycles. The molecule has 2 aliphatic heterocycles. The minimum atomic E-state index is -0.748. The molecule has 2 saturated heterocycles.